The number of aromatic amines is 2. The average molecular weight is 308 g/mol. The van der Waals surface area contributed by atoms with E-state index in [1.165, 1.54) is 0 Å². The Balaban J connectivity index is 1.80. The molecule has 0 bridgehead atoms. The number of imidazole rings is 1. The smallest absolute Gasteiger partial charge is 0.323 e. The first-order valence-corrected chi connectivity index (χ1v) is 6.77. The molecule has 0 fully saturated rings. The van der Waals surface area contributed by atoms with E-state index in [9.17, 15) is 4.79 Å². The largest absolute Gasteiger partial charge is 0.381 e. The summed E-state index contributed by atoms with van der Waals surface area (Å²) in [5, 5.41) is 4.49. The number of anilines is 1. The fourth-order valence-corrected chi connectivity index (χ4v) is 2.63. The van der Waals surface area contributed by atoms with E-state index in [4.69, 9.17) is 23.2 Å². The second-order valence-corrected chi connectivity index (χ2v) is 5.34. The van der Waals surface area contributed by atoms with Crippen molar-refractivity contribution in [1.82, 2.24) is 9.97 Å². The van der Waals surface area contributed by atoms with Crippen LogP contribution in [0.5, 0.6) is 0 Å². The van der Waals surface area contributed by atoms with E-state index in [-0.39, 0.29) is 5.69 Å². The van der Waals surface area contributed by atoms with Crippen LogP contribution in [-0.4, -0.2) is 9.97 Å². The van der Waals surface area contributed by atoms with Crippen molar-refractivity contribution in [3.05, 3.63) is 62.5 Å². The fraction of sp³-hybridized carbons (Fsp3) is 0.0714. The predicted octanol–water partition coefficient (Wildman–Crippen LogP) is 3.78. The van der Waals surface area contributed by atoms with E-state index < -0.39 is 0 Å². The molecule has 0 saturated carbocycles. The Morgan fingerprint density at radius 2 is 1.65 bits per heavy atom. The van der Waals surface area contributed by atoms with Gasteiger partial charge in [0.1, 0.15) is 0 Å². The van der Waals surface area contributed by atoms with Crippen molar-refractivity contribution in [3.63, 3.8) is 0 Å². The maximum absolute atomic E-state index is 11.2. The maximum atomic E-state index is 11.2. The molecule has 0 saturated heterocycles. The van der Waals surface area contributed by atoms with Gasteiger partial charge < -0.3 is 15.3 Å². The topological polar surface area (TPSA) is 60.7 Å². The number of fused-ring (bicyclic) bond motifs is 1. The first-order chi connectivity index (χ1) is 9.60. The number of rotatable bonds is 3. The highest BCUT2D eigenvalue weighted by Gasteiger charge is 2.01. The van der Waals surface area contributed by atoms with Crippen molar-refractivity contribution in [2.45, 2.75) is 6.54 Å². The molecule has 0 spiro atoms. The quantitative estimate of drug-likeness (QED) is 0.689. The molecule has 2 aromatic carbocycles. The maximum Gasteiger partial charge on any atom is 0.323 e. The van der Waals surface area contributed by atoms with Gasteiger partial charge in [-0.3, -0.25) is 0 Å². The minimum Gasteiger partial charge on any atom is -0.381 e. The van der Waals surface area contributed by atoms with Crippen LogP contribution in [0.4, 0.5) is 5.69 Å². The van der Waals surface area contributed by atoms with Crippen LogP contribution in [0.15, 0.2) is 41.2 Å². The third kappa shape index (κ3) is 2.81. The predicted molar refractivity (Wildman–Crippen MR) is 82.7 cm³/mol. The minimum atomic E-state index is -0.209. The van der Waals surface area contributed by atoms with Gasteiger partial charge >= 0.3 is 5.69 Å². The zero-order valence-electron chi connectivity index (χ0n) is 10.3. The summed E-state index contributed by atoms with van der Waals surface area (Å²) in [5.41, 5.74) is 3.24. The highest BCUT2D eigenvalue weighted by Crippen LogP contribution is 2.20. The SMILES string of the molecule is O=c1[nH]c2ccc(NCc3cc(Cl)cc(Cl)c3)cc2[nH]1. The molecular formula is C14H11Cl2N3O. The summed E-state index contributed by atoms with van der Waals surface area (Å²) in [6.07, 6.45) is 0. The van der Waals surface area contributed by atoms with Crippen LogP contribution in [0.3, 0.4) is 0 Å². The third-order valence-corrected chi connectivity index (χ3v) is 3.37. The van der Waals surface area contributed by atoms with Crippen molar-refractivity contribution in [3.8, 4) is 0 Å². The molecule has 0 aliphatic carbocycles. The zero-order valence-corrected chi connectivity index (χ0v) is 11.8. The third-order valence-electron chi connectivity index (χ3n) is 2.93. The van der Waals surface area contributed by atoms with Gasteiger partial charge in [0.15, 0.2) is 0 Å². The lowest BCUT2D eigenvalue weighted by molar-refractivity contribution is 1.15. The summed E-state index contributed by atoms with van der Waals surface area (Å²) in [7, 11) is 0. The standard InChI is InChI=1S/C14H11Cl2N3O/c15-9-3-8(4-10(16)5-9)7-17-11-1-2-12-13(6-11)19-14(20)18-12/h1-6,17H,7H2,(H2,18,19,20). The summed E-state index contributed by atoms with van der Waals surface area (Å²) in [6, 6.07) is 11.0. The van der Waals surface area contributed by atoms with Crippen LogP contribution in [0, 0.1) is 0 Å². The second kappa shape index (κ2) is 5.23. The monoisotopic (exact) mass is 307 g/mol. The van der Waals surface area contributed by atoms with Crippen molar-refractivity contribution in [2.75, 3.05) is 5.32 Å². The van der Waals surface area contributed by atoms with Gasteiger partial charge in [-0.05, 0) is 42.0 Å². The van der Waals surface area contributed by atoms with E-state index in [1.807, 2.05) is 30.3 Å². The van der Waals surface area contributed by atoms with E-state index in [0.29, 0.717) is 16.6 Å². The zero-order chi connectivity index (χ0) is 14.1. The van der Waals surface area contributed by atoms with E-state index in [1.54, 1.807) is 6.07 Å². The van der Waals surface area contributed by atoms with Crippen molar-refractivity contribution >= 4 is 39.9 Å². The first-order valence-electron chi connectivity index (χ1n) is 6.01. The number of benzene rings is 2. The van der Waals surface area contributed by atoms with Crippen LogP contribution >= 0.6 is 23.2 Å². The van der Waals surface area contributed by atoms with Gasteiger partial charge in [-0.1, -0.05) is 23.2 Å². The Hall–Kier alpha value is -1.91. The molecule has 3 rings (SSSR count). The summed E-state index contributed by atoms with van der Waals surface area (Å²) >= 11 is 11.9. The van der Waals surface area contributed by atoms with Gasteiger partial charge in [0.25, 0.3) is 0 Å². The van der Waals surface area contributed by atoms with Crippen LogP contribution in [-0.2, 0) is 6.54 Å². The van der Waals surface area contributed by atoms with Gasteiger partial charge in [-0.15, -0.1) is 0 Å². The number of nitrogens with one attached hydrogen (secondary N) is 3. The van der Waals surface area contributed by atoms with Gasteiger partial charge in [0, 0.05) is 22.3 Å². The van der Waals surface area contributed by atoms with Gasteiger partial charge in [0.05, 0.1) is 11.0 Å². The molecule has 1 heterocycles. The van der Waals surface area contributed by atoms with E-state index in [0.717, 1.165) is 22.3 Å². The second-order valence-electron chi connectivity index (χ2n) is 4.47. The molecule has 102 valence electrons. The molecule has 0 aliphatic heterocycles. The molecule has 0 atom stereocenters. The first kappa shape index (κ1) is 13.1. The molecule has 0 amide bonds. The summed E-state index contributed by atoms with van der Waals surface area (Å²) in [4.78, 5) is 16.6. The van der Waals surface area contributed by atoms with Crippen LogP contribution < -0.4 is 11.0 Å². The normalized spacial score (nSPS) is 10.9. The molecule has 0 aliphatic rings. The molecule has 20 heavy (non-hydrogen) atoms. The van der Waals surface area contributed by atoms with E-state index in [2.05, 4.69) is 15.3 Å². The molecule has 0 unspecified atom stereocenters. The highest BCUT2D eigenvalue weighted by atomic mass is 35.5. The molecule has 4 nitrogen and oxygen atoms in total. The Morgan fingerprint density at radius 1 is 0.950 bits per heavy atom. The molecule has 1 aromatic heterocycles. The lowest BCUT2D eigenvalue weighted by Crippen LogP contribution is -1.99. The summed E-state index contributed by atoms with van der Waals surface area (Å²) in [6.45, 7) is 0.598. The average Bonchev–Trinajstić information content (AvgIpc) is 2.74. The Morgan fingerprint density at radius 3 is 2.40 bits per heavy atom. The number of H-pyrrole nitrogens is 2. The fourth-order valence-electron chi connectivity index (χ4n) is 2.06. The minimum absolute atomic E-state index is 0.209. The van der Waals surface area contributed by atoms with E-state index >= 15 is 0 Å². The molecule has 0 radical (unpaired) electrons. The molecular weight excluding hydrogens is 297 g/mol. The molecule has 3 N–H and O–H groups in total. The number of hydrogen-bond acceptors (Lipinski definition) is 2. The van der Waals surface area contributed by atoms with Crippen molar-refractivity contribution in [2.24, 2.45) is 0 Å². The van der Waals surface area contributed by atoms with Gasteiger partial charge in [-0.25, -0.2) is 4.79 Å². The molecule has 3 aromatic rings. The van der Waals surface area contributed by atoms with Gasteiger partial charge in [0.2, 0.25) is 0 Å². The van der Waals surface area contributed by atoms with Crippen molar-refractivity contribution in [1.29, 1.82) is 0 Å². The Kier molecular flexibility index (Phi) is 3.42. The summed E-state index contributed by atoms with van der Waals surface area (Å²) < 4.78 is 0. The molecule has 6 heteroatoms. The lowest BCUT2D eigenvalue weighted by Gasteiger charge is -2.07. The Labute approximate surface area is 124 Å². The van der Waals surface area contributed by atoms with Crippen molar-refractivity contribution < 1.29 is 0 Å². The van der Waals surface area contributed by atoms with Crippen LogP contribution in [0.25, 0.3) is 11.0 Å². The highest BCUT2D eigenvalue weighted by molar-refractivity contribution is 6.34. The van der Waals surface area contributed by atoms with Crippen LogP contribution in [0.1, 0.15) is 5.56 Å². The number of halogens is 2. The van der Waals surface area contributed by atoms with Gasteiger partial charge in [-0.2, -0.15) is 0 Å². The lowest BCUT2D eigenvalue weighted by atomic mass is 10.2. The summed E-state index contributed by atoms with van der Waals surface area (Å²) in [5.74, 6) is 0. The Bertz CT molecular complexity index is 802. The van der Waals surface area contributed by atoms with Crippen LogP contribution in [0.2, 0.25) is 10.0 Å². The number of hydrogen-bond donors (Lipinski definition) is 3. The number of aromatic nitrogens is 2.